The van der Waals surface area contributed by atoms with Crippen molar-refractivity contribution in [2.24, 2.45) is 0 Å². The number of para-hydroxylation sites is 1. The van der Waals surface area contributed by atoms with Crippen LogP contribution in [0.1, 0.15) is 16.5 Å². The molecule has 3 heterocycles. The van der Waals surface area contributed by atoms with Gasteiger partial charge in [0.15, 0.2) is 11.5 Å². The van der Waals surface area contributed by atoms with Gasteiger partial charge in [0, 0.05) is 35.4 Å². The molecule has 3 N–H and O–H groups in total. The molecule has 0 unspecified atom stereocenters. The molecule has 2 aromatic carbocycles. The molecule has 4 aromatic rings. The molecular weight excluding hydrogens is 414 g/mol. The molecule has 2 aromatic heterocycles. The molecule has 5 rings (SSSR count). The van der Waals surface area contributed by atoms with E-state index in [0.717, 1.165) is 16.3 Å². The van der Waals surface area contributed by atoms with E-state index in [-0.39, 0.29) is 11.9 Å². The first-order valence-corrected chi connectivity index (χ1v) is 10.2. The van der Waals surface area contributed by atoms with Gasteiger partial charge in [0.25, 0.3) is 5.91 Å². The van der Waals surface area contributed by atoms with Crippen LogP contribution in [0.15, 0.2) is 42.5 Å². The molecule has 0 aliphatic carbocycles. The Hall–Kier alpha value is -3.59. The molecule has 31 heavy (non-hydrogen) atoms. The van der Waals surface area contributed by atoms with Crippen LogP contribution in [0, 0.1) is 4.77 Å². The lowest BCUT2D eigenvalue weighted by atomic mass is 10.1. The number of fused-ring (bicyclic) bond motifs is 2. The molecule has 0 bridgehead atoms. The predicted molar refractivity (Wildman–Crippen MR) is 121 cm³/mol. The lowest BCUT2D eigenvalue weighted by Gasteiger charge is -2.40. The Labute approximate surface area is 183 Å². The number of hydrogen-bond donors (Lipinski definition) is 2. The molecule has 1 saturated heterocycles. The average molecular weight is 436 g/mol. The first-order chi connectivity index (χ1) is 15.0. The zero-order valence-electron chi connectivity index (χ0n) is 17.1. The molecule has 1 aliphatic rings. The number of amides is 1. The van der Waals surface area contributed by atoms with E-state index in [1.54, 1.807) is 31.3 Å². The highest BCUT2D eigenvalue weighted by molar-refractivity contribution is 7.71. The van der Waals surface area contributed by atoms with E-state index in [1.807, 2.05) is 34.9 Å². The Morgan fingerprint density at radius 2 is 1.87 bits per heavy atom. The smallest absolute Gasteiger partial charge is 0.270 e. The van der Waals surface area contributed by atoms with E-state index < -0.39 is 0 Å². The summed E-state index contributed by atoms with van der Waals surface area (Å²) in [5.41, 5.74) is 8.64. The first-order valence-electron chi connectivity index (χ1n) is 9.81. The van der Waals surface area contributed by atoms with Gasteiger partial charge in [0.2, 0.25) is 4.77 Å². The van der Waals surface area contributed by atoms with Gasteiger partial charge in [0.1, 0.15) is 11.5 Å². The fourth-order valence-electron chi connectivity index (χ4n) is 4.05. The number of anilines is 1. The van der Waals surface area contributed by atoms with Gasteiger partial charge in [-0.1, -0.05) is 18.2 Å². The summed E-state index contributed by atoms with van der Waals surface area (Å²) in [7, 11) is 3.14. The number of hydrogen-bond acceptors (Lipinski definition) is 6. The summed E-state index contributed by atoms with van der Waals surface area (Å²) < 4.78 is 12.9. The maximum atomic E-state index is 12.9. The molecule has 0 radical (unpaired) electrons. The summed E-state index contributed by atoms with van der Waals surface area (Å²) in [6.07, 6.45) is 0. The summed E-state index contributed by atoms with van der Waals surface area (Å²) in [5, 5.41) is 1.74. The minimum atomic E-state index is -0.0438. The molecule has 1 fully saturated rings. The van der Waals surface area contributed by atoms with Gasteiger partial charge in [-0.15, -0.1) is 0 Å². The number of aromatic amines is 1. The van der Waals surface area contributed by atoms with Crippen LogP contribution in [0.25, 0.3) is 21.8 Å². The Morgan fingerprint density at radius 3 is 2.58 bits per heavy atom. The molecule has 8 nitrogen and oxygen atoms in total. The minimum Gasteiger partial charge on any atom is -0.493 e. The zero-order chi connectivity index (χ0) is 21.7. The van der Waals surface area contributed by atoms with Crippen LogP contribution in [-0.4, -0.2) is 52.7 Å². The summed E-state index contributed by atoms with van der Waals surface area (Å²) in [6.45, 7) is 1.01. The largest absolute Gasteiger partial charge is 0.493 e. The van der Waals surface area contributed by atoms with Crippen molar-refractivity contribution < 1.29 is 14.3 Å². The zero-order valence-corrected chi connectivity index (χ0v) is 17.9. The van der Waals surface area contributed by atoms with E-state index in [1.165, 1.54) is 0 Å². The fourth-order valence-corrected chi connectivity index (χ4v) is 4.40. The predicted octanol–water partition coefficient (Wildman–Crippen LogP) is 3.54. The van der Waals surface area contributed by atoms with Gasteiger partial charge in [-0.2, -0.15) is 0 Å². The van der Waals surface area contributed by atoms with Crippen molar-refractivity contribution in [1.82, 2.24) is 19.4 Å². The normalized spacial score (nSPS) is 14.1. The van der Waals surface area contributed by atoms with Gasteiger partial charge >= 0.3 is 0 Å². The summed E-state index contributed by atoms with van der Waals surface area (Å²) >= 11 is 5.52. The molecule has 0 spiro atoms. The lowest BCUT2D eigenvalue weighted by molar-refractivity contribution is 0.0515. The number of aromatic nitrogens is 3. The number of rotatable bonds is 4. The first kappa shape index (κ1) is 19.4. The van der Waals surface area contributed by atoms with Crippen LogP contribution in [0.3, 0.4) is 0 Å². The Bertz CT molecular complexity index is 1350. The number of likely N-dealkylation sites (tertiary alicyclic amines) is 1. The van der Waals surface area contributed by atoms with Crippen molar-refractivity contribution >= 4 is 45.7 Å². The van der Waals surface area contributed by atoms with E-state index in [9.17, 15) is 4.79 Å². The average Bonchev–Trinajstić information content (AvgIpc) is 3.18. The maximum Gasteiger partial charge on any atom is 0.270 e. The highest BCUT2D eigenvalue weighted by atomic mass is 32.1. The van der Waals surface area contributed by atoms with Crippen LogP contribution in [0.4, 0.5) is 5.82 Å². The standard InChI is InChI=1S/C22H21N5O3S/c1-29-18-8-14-16(9-19(18)30-2)25-22(31)27(20(14)23)13-10-26(11-13)21(28)17-7-12-5-3-4-6-15(12)24-17/h3-9,13,24H,10-11,23H2,1-2H3. The molecule has 1 aliphatic heterocycles. The van der Waals surface area contributed by atoms with Crippen LogP contribution in [0.2, 0.25) is 0 Å². The van der Waals surface area contributed by atoms with Crippen LogP contribution >= 0.6 is 12.2 Å². The van der Waals surface area contributed by atoms with E-state index in [0.29, 0.717) is 46.4 Å². The topological polar surface area (TPSA) is 98.4 Å². The molecule has 158 valence electrons. The Balaban J connectivity index is 1.43. The van der Waals surface area contributed by atoms with Gasteiger partial charge in [0.05, 0.1) is 25.8 Å². The van der Waals surface area contributed by atoms with Crippen molar-refractivity contribution in [2.45, 2.75) is 6.04 Å². The van der Waals surface area contributed by atoms with Crippen LogP contribution in [0.5, 0.6) is 11.5 Å². The SMILES string of the molecule is COc1cc2nc(=S)n(C3CN(C(=O)c4cc5ccccc5[nH]4)C3)c(N)c2cc1OC. The van der Waals surface area contributed by atoms with Gasteiger partial charge < -0.3 is 25.1 Å². The highest BCUT2D eigenvalue weighted by Gasteiger charge is 2.34. The minimum absolute atomic E-state index is 0.0363. The number of methoxy groups -OCH3 is 2. The van der Waals surface area contributed by atoms with Crippen molar-refractivity contribution in [1.29, 1.82) is 0 Å². The molecule has 0 saturated carbocycles. The number of nitrogens with one attached hydrogen (secondary N) is 1. The van der Waals surface area contributed by atoms with E-state index in [2.05, 4.69) is 9.97 Å². The van der Waals surface area contributed by atoms with Crippen LogP contribution < -0.4 is 15.2 Å². The van der Waals surface area contributed by atoms with Crippen LogP contribution in [-0.2, 0) is 0 Å². The van der Waals surface area contributed by atoms with Crippen molar-refractivity contribution in [3.63, 3.8) is 0 Å². The van der Waals surface area contributed by atoms with Crippen molar-refractivity contribution in [2.75, 3.05) is 33.0 Å². The number of nitrogens with two attached hydrogens (primary N) is 1. The van der Waals surface area contributed by atoms with Crippen molar-refractivity contribution in [3.05, 3.63) is 52.9 Å². The third kappa shape index (κ3) is 3.09. The summed E-state index contributed by atoms with van der Waals surface area (Å²) in [4.78, 5) is 22.4. The number of nitrogens with zero attached hydrogens (tertiary/aromatic N) is 3. The second-order valence-electron chi connectivity index (χ2n) is 7.51. The molecule has 9 heteroatoms. The number of carbonyl (C=O) groups excluding carboxylic acids is 1. The van der Waals surface area contributed by atoms with Gasteiger partial charge in [-0.3, -0.25) is 9.36 Å². The highest BCUT2D eigenvalue weighted by Crippen LogP contribution is 2.36. The van der Waals surface area contributed by atoms with Crippen molar-refractivity contribution in [3.8, 4) is 11.5 Å². The van der Waals surface area contributed by atoms with E-state index in [4.69, 9.17) is 27.4 Å². The number of nitrogen functional groups attached to an aromatic ring is 1. The third-order valence-corrected chi connectivity index (χ3v) is 6.02. The molecular formula is C22H21N5O3S. The number of H-pyrrole nitrogens is 1. The Morgan fingerprint density at radius 1 is 1.16 bits per heavy atom. The fraction of sp³-hybridized carbons (Fsp3) is 0.227. The van der Waals surface area contributed by atoms with Gasteiger partial charge in [-0.25, -0.2) is 4.98 Å². The quantitative estimate of drug-likeness (QED) is 0.476. The third-order valence-electron chi connectivity index (χ3n) is 5.73. The monoisotopic (exact) mass is 435 g/mol. The summed E-state index contributed by atoms with van der Waals surface area (Å²) in [6, 6.07) is 13.2. The molecule has 1 amide bonds. The maximum absolute atomic E-state index is 12.9. The molecule has 0 atom stereocenters. The van der Waals surface area contributed by atoms with E-state index >= 15 is 0 Å². The number of carbonyl (C=O) groups is 1. The lowest BCUT2D eigenvalue weighted by Crippen LogP contribution is -2.51. The van der Waals surface area contributed by atoms with Gasteiger partial charge in [-0.05, 0) is 30.4 Å². The number of benzene rings is 2. The summed E-state index contributed by atoms with van der Waals surface area (Å²) in [5.74, 6) is 1.58. The second-order valence-corrected chi connectivity index (χ2v) is 7.87. The Kier molecular flexibility index (Phi) is 4.55. The number of ether oxygens (including phenoxy) is 2. The second kappa shape index (κ2) is 7.28.